The quantitative estimate of drug-likeness (QED) is 0.483. The molecule has 0 radical (unpaired) electrons. The first-order chi connectivity index (χ1) is 12.5. The lowest BCUT2D eigenvalue weighted by Crippen LogP contribution is -2.09. The molecule has 0 saturated carbocycles. The van der Waals surface area contributed by atoms with Gasteiger partial charge in [-0.15, -0.1) is 0 Å². The number of ether oxygens (including phenoxy) is 2. The molecule has 0 unspecified atom stereocenters. The maximum absolute atomic E-state index is 12.1. The Hall–Kier alpha value is -3.92. The molecule has 7 heteroatoms. The van der Waals surface area contributed by atoms with E-state index in [2.05, 4.69) is 0 Å². The highest BCUT2D eigenvalue weighted by molar-refractivity contribution is 5.91. The van der Waals surface area contributed by atoms with E-state index in [1.54, 1.807) is 18.2 Å². The number of nitrogens with zero attached hydrogens (tertiary/aromatic N) is 1. The van der Waals surface area contributed by atoms with Crippen molar-refractivity contribution in [1.29, 1.82) is 5.26 Å². The fourth-order valence-electron chi connectivity index (χ4n) is 1.87. The summed E-state index contributed by atoms with van der Waals surface area (Å²) in [7, 11) is 0. The van der Waals surface area contributed by atoms with Crippen LogP contribution in [0.2, 0.25) is 0 Å². The van der Waals surface area contributed by atoms with E-state index in [-0.39, 0.29) is 17.7 Å². The minimum Gasteiger partial charge on any atom is -0.478 e. The lowest BCUT2D eigenvalue weighted by Gasteiger charge is -2.06. The smallest absolute Gasteiger partial charge is 0.343 e. The number of esters is 2. The van der Waals surface area contributed by atoms with E-state index in [0.29, 0.717) is 11.3 Å². The number of rotatable bonds is 6. The standard InChI is InChI=1S/C19H13NO6/c20-12-11-18(23)25-15-8-4-14(5-9-15)19(24)26-16-6-1-13(2-7-16)3-10-17(21)22/h1-10H,11H2,(H,21,22)/b10-3+. The highest BCUT2D eigenvalue weighted by Gasteiger charge is 2.10. The highest BCUT2D eigenvalue weighted by atomic mass is 16.5. The van der Waals surface area contributed by atoms with Crippen LogP contribution in [-0.2, 0) is 9.59 Å². The summed E-state index contributed by atoms with van der Waals surface area (Å²) in [5.41, 5.74) is 0.899. The van der Waals surface area contributed by atoms with Gasteiger partial charge in [0.15, 0.2) is 0 Å². The van der Waals surface area contributed by atoms with E-state index in [1.807, 2.05) is 0 Å². The molecular formula is C19H13NO6. The van der Waals surface area contributed by atoms with Crippen LogP contribution in [0.5, 0.6) is 11.5 Å². The molecule has 130 valence electrons. The van der Waals surface area contributed by atoms with Gasteiger partial charge in [-0.05, 0) is 48.0 Å². The lowest BCUT2D eigenvalue weighted by molar-refractivity contribution is -0.133. The van der Waals surface area contributed by atoms with Crippen molar-refractivity contribution in [3.8, 4) is 17.6 Å². The van der Waals surface area contributed by atoms with Crippen molar-refractivity contribution in [2.24, 2.45) is 0 Å². The summed E-state index contributed by atoms with van der Waals surface area (Å²) in [5, 5.41) is 17.0. The van der Waals surface area contributed by atoms with E-state index < -0.39 is 17.9 Å². The maximum atomic E-state index is 12.1. The fraction of sp³-hybridized carbons (Fsp3) is 0.0526. The third kappa shape index (κ3) is 5.62. The third-order valence-corrected chi connectivity index (χ3v) is 3.05. The molecule has 0 bridgehead atoms. The van der Waals surface area contributed by atoms with Gasteiger partial charge in [0, 0.05) is 6.08 Å². The summed E-state index contributed by atoms with van der Waals surface area (Å²) in [5.74, 6) is -1.82. The van der Waals surface area contributed by atoms with Gasteiger partial charge < -0.3 is 14.6 Å². The van der Waals surface area contributed by atoms with Crippen molar-refractivity contribution in [3.05, 3.63) is 65.7 Å². The topological polar surface area (TPSA) is 114 Å². The van der Waals surface area contributed by atoms with Crippen LogP contribution >= 0.6 is 0 Å². The van der Waals surface area contributed by atoms with Crippen LogP contribution in [0.4, 0.5) is 0 Å². The largest absolute Gasteiger partial charge is 0.478 e. The second kappa shape index (κ2) is 8.80. The van der Waals surface area contributed by atoms with Gasteiger partial charge in [-0.25, -0.2) is 9.59 Å². The number of carboxylic acids is 1. The van der Waals surface area contributed by atoms with Gasteiger partial charge in [-0.2, -0.15) is 5.26 Å². The molecule has 26 heavy (non-hydrogen) atoms. The van der Waals surface area contributed by atoms with Crippen LogP contribution in [-0.4, -0.2) is 23.0 Å². The summed E-state index contributed by atoms with van der Waals surface area (Å²) in [6, 6.07) is 13.7. The summed E-state index contributed by atoms with van der Waals surface area (Å²) >= 11 is 0. The number of hydrogen-bond donors (Lipinski definition) is 1. The average Bonchev–Trinajstić information content (AvgIpc) is 2.62. The minimum absolute atomic E-state index is 0.219. The molecule has 0 heterocycles. The first kappa shape index (κ1) is 18.4. The van der Waals surface area contributed by atoms with Crippen LogP contribution in [0, 0.1) is 11.3 Å². The fourth-order valence-corrected chi connectivity index (χ4v) is 1.87. The average molecular weight is 351 g/mol. The first-order valence-corrected chi connectivity index (χ1v) is 7.39. The number of carbonyl (C=O) groups excluding carboxylic acids is 2. The highest BCUT2D eigenvalue weighted by Crippen LogP contribution is 2.17. The number of aliphatic carboxylic acids is 1. The number of carbonyl (C=O) groups is 3. The van der Waals surface area contributed by atoms with Crippen molar-refractivity contribution in [3.63, 3.8) is 0 Å². The van der Waals surface area contributed by atoms with Gasteiger partial charge >= 0.3 is 17.9 Å². The van der Waals surface area contributed by atoms with Crippen LogP contribution in [0.3, 0.4) is 0 Å². The molecule has 2 aromatic carbocycles. The molecule has 1 N–H and O–H groups in total. The predicted octanol–water partition coefficient (Wildman–Crippen LogP) is 2.82. The first-order valence-electron chi connectivity index (χ1n) is 7.39. The summed E-state index contributed by atoms with van der Waals surface area (Å²) in [4.78, 5) is 33.8. The van der Waals surface area contributed by atoms with Crippen molar-refractivity contribution in [1.82, 2.24) is 0 Å². The van der Waals surface area contributed by atoms with Gasteiger partial charge in [0.1, 0.15) is 17.9 Å². The van der Waals surface area contributed by atoms with Crippen LogP contribution in [0.1, 0.15) is 22.3 Å². The van der Waals surface area contributed by atoms with Crippen LogP contribution in [0.15, 0.2) is 54.6 Å². The molecule has 0 aliphatic rings. The summed E-state index contributed by atoms with van der Waals surface area (Å²) in [6.07, 6.45) is 2.06. The Morgan fingerprint density at radius 3 is 2.12 bits per heavy atom. The lowest BCUT2D eigenvalue weighted by atomic mass is 10.2. The van der Waals surface area contributed by atoms with Gasteiger partial charge in [-0.1, -0.05) is 12.1 Å². The number of nitriles is 1. The Bertz CT molecular complexity index is 876. The van der Waals surface area contributed by atoms with E-state index >= 15 is 0 Å². The number of hydrogen-bond acceptors (Lipinski definition) is 6. The summed E-state index contributed by atoms with van der Waals surface area (Å²) in [6.45, 7) is 0. The van der Waals surface area contributed by atoms with E-state index in [0.717, 1.165) is 6.08 Å². The Labute approximate surface area is 148 Å². The summed E-state index contributed by atoms with van der Waals surface area (Å²) < 4.78 is 10.1. The maximum Gasteiger partial charge on any atom is 0.343 e. The SMILES string of the molecule is N#CCC(=O)Oc1ccc(C(=O)Oc2ccc(/C=C/C(=O)O)cc2)cc1. The van der Waals surface area contributed by atoms with Crippen molar-refractivity contribution >= 4 is 24.0 Å². The Kier molecular flexibility index (Phi) is 6.23. The predicted molar refractivity (Wildman–Crippen MR) is 90.4 cm³/mol. The molecule has 0 saturated heterocycles. The van der Waals surface area contributed by atoms with Crippen molar-refractivity contribution in [2.75, 3.05) is 0 Å². The molecule has 2 rings (SSSR count). The van der Waals surface area contributed by atoms with Crippen LogP contribution in [0.25, 0.3) is 6.08 Å². The number of carboxylic acid groups (broad SMARTS) is 1. The molecule has 0 aliphatic heterocycles. The zero-order valence-corrected chi connectivity index (χ0v) is 13.4. The van der Waals surface area contributed by atoms with E-state index in [4.69, 9.17) is 19.8 Å². The zero-order valence-electron chi connectivity index (χ0n) is 13.4. The molecule has 7 nitrogen and oxygen atoms in total. The second-order valence-corrected chi connectivity index (χ2v) is 4.96. The molecule has 0 fully saturated rings. The monoisotopic (exact) mass is 351 g/mol. The van der Waals surface area contributed by atoms with Crippen LogP contribution < -0.4 is 9.47 Å². The molecule has 2 aromatic rings. The third-order valence-electron chi connectivity index (χ3n) is 3.05. The minimum atomic E-state index is -1.05. The van der Waals surface area contributed by atoms with Gasteiger partial charge in [0.05, 0.1) is 11.6 Å². The van der Waals surface area contributed by atoms with Crippen molar-refractivity contribution in [2.45, 2.75) is 6.42 Å². The molecule has 0 atom stereocenters. The van der Waals surface area contributed by atoms with Gasteiger partial charge in [0.25, 0.3) is 0 Å². The normalized spacial score (nSPS) is 10.1. The Balaban J connectivity index is 1.98. The Morgan fingerprint density at radius 1 is 0.962 bits per heavy atom. The van der Waals surface area contributed by atoms with Gasteiger partial charge in [-0.3, -0.25) is 4.79 Å². The molecule has 0 aromatic heterocycles. The van der Waals surface area contributed by atoms with E-state index in [9.17, 15) is 14.4 Å². The number of benzene rings is 2. The zero-order chi connectivity index (χ0) is 18.9. The van der Waals surface area contributed by atoms with Gasteiger partial charge in [0.2, 0.25) is 0 Å². The van der Waals surface area contributed by atoms with Crippen molar-refractivity contribution < 1.29 is 29.0 Å². The Morgan fingerprint density at radius 2 is 1.54 bits per heavy atom. The van der Waals surface area contributed by atoms with E-state index in [1.165, 1.54) is 42.5 Å². The second-order valence-electron chi connectivity index (χ2n) is 4.96. The molecule has 0 aliphatic carbocycles. The molecule has 0 spiro atoms. The molecular weight excluding hydrogens is 338 g/mol. The molecule has 0 amide bonds.